The van der Waals surface area contributed by atoms with Crippen LogP contribution in [-0.2, 0) is 0 Å². The SMILES string of the molecule is CCCCN(c1nc(C)nc(N(CCCC)C2CC(C)(C)N(C)C(C)(CCC)C2)n1)C1CCN(C)C(C)(C)C1. The van der Waals surface area contributed by atoms with Crippen LogP contribution in [0.15, 0.2) is 0 Å². The predicted molar refractivity (Wildman–Crippen MR) is 167 cm³/mol. The van der Waals surface area contributed by atoms with Crippen molar-refractivity contribution in [3.8, 4) is 0 Å². The van der Waals surface area contributed by atoms with E-state index in [0.29, 0.717) is 12.1 Å². The van der Waals surface area contributed by atoms with Crippen molar-refractivity contribution in [1.29, 1.82) is 0 Å². The average molecular weight is 544 g/mol. The van der Waals surface area contributed by atoms with Crippen LogP contribution in [0.2, 0.25) is 0 Å². The second kappa shape index (κ2) is 13.0. The number of aryl methyl sites for hydroxylation is 1. The quantitative estimate of drug-likeness (QED) is 0.291. The molecule has 0 saturated carbocycles. The average Bonchev–Trinajstić information content (AvgIpc) is 2.85. The maximum absolute atomic E-state index is 5.32. The van der Waals surface area contributed by atoms with Crippen molar-refractivity contribution in [3.05, 3.63) is 5.82 Å². The zero-order valence-corrected chi connectivity index (χ0v) is 27.5. The van der Waals surface area contributed by atoms with E-state index in [1.54, 1.807) is 0 Å². The van der Waals surface area contributed by atoms with Crippen LogP contribution in [0.1, 0.15) is 125 Å². The number of anilines is 2. The van der Waals surface area contributed by atoms with E-state index < -0.39 is 0 Å². The van der Waals surface area contributed by atoms with Crippen molar-refractivity contribution in [2.75, 3.05) is 43.5 Å². The second-order valence-electron chi connectivity index (χ2n) is 14.1. The van der Waals surface area contributed by atoms with E-state index >= 15 is 0 Å². The predicted octanol–water partition coefficient (Wildman–Crippen LogP) is 6.70. The molecule has 39 heavy (non-hydrogen) atoms. The van der Waals surface area contributed by atoms with Gasteiger partial charge in [-0.25, -0.2) is 0 Å². The highest BCUT2D eigenvalue weighted by Gasteiger charge is 2.47. The Morgan fingerprint density at radius 3 is 1.79 bits per heavy atom. The summed E-state index contributed by atoms with van der Waals surface area (Å²) in [5.74, 6) is 2.62. The molecule has 1 aromatic rings. The standard InChI is InChI=1S/C32H61N7/c1-12-15-19-38(26-17-21-36(10)30(5,6)22-26)28-33-25(4)34-29(35-28)39(20-16-13-2)27-23-31(7,8)37(11)32(9,24-27)18-14-3/h26-27H,12-24H2,1-11H3. The van der Waals surface area contributed by atoms with Crippen LogP contribution in [0.4, 0.5) is 11.9 Å². The van der Waals surface area contributed by atoms with Gasteiger partial charge in [-0.15, -0.1) is 0 Å². The number of likely N-dealkylation sites (tertiary alicyclic amines) is 2. The molecular weight excluding hydrogens is 482 g/mol. The number of rotatable bonds is 12. The minimum Gasteiger partial charge on any atom is -0.338 e. The molecule has 2 aliphatic heterocycles. The molecule has 7 nitrogen and oxygen atoms in total. The second-order valence-corrected chi connectivity index (χ2v) is 14.1. The van der Waals surface area contributed by atoms with Crippen LogP contribution in [0.3, 0.4) is 0 Å². The molecule has 3 unspecified atom stereocenters. The van der Waals surface area contributed by atoms with Gasteiger partial charge in [-0.05, 0) is 101 Å². The van der Waals surface area contributed by atoms with Gasteiger partial charge in [-0.1, -0.05) is 40.0 Å². The summed E-state index contributed by atoms with van der Waals surface area (Å²) < 4.78 is 0. The Morgan fingerprint density at radius 1 is 0.744 bits per heavy atom. The minimum atomic E-state index is 0.120. The molecule has 0 radical (unpaired) electrons. The molecule has 0 N–H and O–H groups in total. The Kier molecular flexibility index (Phi) is 10.7. The molecule has 0 aliphatic carbocycles. The van der Waals surface area contributed by atoms with Gasteiger partial charge in [0.15, 0.2) is 0 Å². The van der Waals surface area contributed by atoms with Crippen molar-refractivity contribution in [2.24, 2.45) is 0 Å². The molecule has 2 aliphatic rings. The summed E-state index contributed by atoms with van der Waals surface area (Å²) in [7, 11) is 4.60. The Labute approximate surface area is 241 Å². The molecule has 3 heterocycles. The number of hydrogen-bond acceptors (Lipinski definition) is 7. The summed E-state index contributed by atoms with van der Waals surface area (Å²) >= 11 is 0. The van der Waals surface area contributed by atoms with Gasteiger partial charge >= 0.3 is 0 Å². The number of hydrogen-bond donors (Lipinski definition) is 0. The highest BCUT2D eigenvalue weighted by Crippen LogP contribution is 2.42. The zero-order valence-electron chi connectivity index (χ0n) is 27.5. The van der Waals surface area contributed by atoms with E-state index in [4.69, 9.17) is 15.0 Å². The van der Waals surface area contributed by atoms with Crippen molar-refractivity contribution in [1.82, 2.24) is 24.8 Å². The van der Waals surface area contributed by atoms with Gasteiger partial charge in [0.2, 0.25) is 11.9 Å². The third kappa shape index (κ3) is 7.44. The smallest absolute Gasteiger partial charge is 0.230 e. The molecule has 2 saturated heterocycles. The van der Waals surface area contributed by atoms with E-state index in [2.05, 4.69) is 96.0 Å². The van der Waals surface area contributed by atoms with Gasteiger partial charge in [-0.3, -0.25) is 4.90 Å². The molecule has 7 heteroatoms. The molecule has 224 valence electrons. The summed E-state index contributed by atoms with van der Waals surface area (Å²) in [6, 6.07) is 0.872. The maximum Gasteiger partial charge on any atom is 0.230 e. The summed E-state index contributed by atoms with van der Waals surface area (Å²) in [5.41, 5.74) is 0.466. The number of piperidine rings is 2. The first-order valence-corrected chi connectivity index (χ1v) is 16.0. The zero-order chi connectivity index (χ0) is 29.0. The van der Waals surface area contributed by atoms with Crippen LogP contribution in [0, 0.1) is 6.92 Å². The summed E-state index contributed by atoms with van der Waals surface area (Å²) in [5, 5.41) is 0. The van der Waals surface area contributed by atoms with E-state index in [0.717, 1.165) is 75.9 Å². The Hall–Kier alpha value is -1.47. The Morgan fingerprint density at radius 2 is 1.28 bits per heavy atom. The number of unbranched alkanes of at least 4 members (excludes halogenated alkanes) is 2. The van der Waals surface area contributed by atoms with Crippen molar-refractivity contribution < 1.29 is 0 Å². The Bertz CT molecular complexity index is 916. The molecular formula is C32H61N7. The van der Waals surface area contributed by atoms with Gasteiger partial charge in [-0.2, -0.15) is 15.0 Å². The van der Waals surface area contributed by atoms with E-state index in [1.807, 2.05) is 0 Å². The van der Waals surface area contributed by atoms with E-state index in [1.165, 1.54) is 25.7 Å². The summed E-state index contributed by atoms with van der Waals surface area (Å²) in [6.07, 6.45) is 11.6. The number of nitrogens with zero attached hydrogens (tertiary/aromatic N) is 7. The minimum absolute atomic E-state index is 0.120. The molecule has 0 spiro atoms. The van der Waals surface area contributed by atoms with Crippen LogP contribution in [0.25, 0.3) is 0 Å². The lowest BCUT2D eigenvalue weighted by Crippen LogP contribution is -2.64. The normalized spacial score (nSPS) is 27.5. The van der Waals surface area contributed by atoms with E-state index in [9.17, 15) is 0 Å². The van der Waals surface area contributed by atoms with Crippen molar-refractivity contribution in [2.45, 2.75) is 155 Å². The lowest BCUT2D eigenvalue weighted by molar-refractivity contribution is -0.0290. The van der Waals surface area contributed by atoms with Gasteiger partial charge < -0.3 is 14.7 Å². The molecule has 0 bridgehead atoms. The fourth-order valence-corrected chi connectivity index (χ4v) is 7.20. The molecule has 0 aromatic carbocycles. The van der Waals surface area contributed by atoms with Crippen LogP contribution in [-0.4, -0.2) is 87.2 Å². The van der Waals surface area contributed by atoms with Gasteiger partial charge in [0.05, 0.1) is 0 Å². The fourth-order valence-electron chi connectivity index (χ4n) is 7.20. The first-order chi connectivity index (χ1) is 18.3. The summed E-state index contributed by atoms with van der Waals surface area (Å²) in [6.45, 7) is 24.1. The van der Waals surface area contributed by atoms with Crippen molar-refractivity contribution in [3.63, 3.8) is 0 Å². The van der Waals surface area contributed by atoms with Crippen LogP contribution in [0.5, 0.6) is 0 Å². The van der Waals surface area contributed by atoms with Crippen molar-refractivity contribution >= 4 is 11.9 Å². The monoisotopic (exact) mass is 543 g/mol. The van der Waals surface area contributed by atoms with Crippen LogP contribution >= 0.6 is 0 Å². The third-order valence-electron chi connectivity index (χ3n) is 10.1. The van der Waals surface area contributed by atoms with Gasteiger partial charge in [0, 0.05) is 48.3 Å². The molecule has 1 aromatic heterocycles. The molecule has 0 amide bonds. The first-order valence-electron chi connectivity index (χ1n) is 16.0. The molecule has 3 rings (SSSR count). The lowest BCUT2D eigenvalue weighted by Gasteiger charge is -2.57. The lowest BCUT2D eigenvalue weighted by atomic mass is 9.74. The highest BCUT2D eigenvalue weighted by molar-refractivity contribution is 5.42. The third-order valence-corrected chi connectivity index (χ3v) is 10.1. The van der Waals surface area contributed by atoms with Gasteiger partial charge in [0.25, 0.3) is 0 Å². The molecule has 2 fully saturated rings. The van der Waals surface area contributed by atoms with Crippen LogP contribution < -0.4 is 9.80 Å². The van der Waals surface area contributed by atoms with Gasteiger partial charge in [0.1, 0.15) is 5.82 Å². The van der Waals surface area contributed by atoms with E-state index in [-0.39, 0.29) is 16.6 Å². The summed E-state index contributed by atoms with van der Waals surface area (Å²) in [4.78, 5) is 25.6. The molecule has 3 atom stereocenters. The maximum atomic E-state index is 5.32. The Balaban J connectivity index is 2.01. The largest absolute Gasteiger partial charge is 0.338 e. The highest BCUT2D eigenvalue weighted by atomic mass is 15.4. The number of aromatic nitrogens is 3. The first kappa shape index (κ1) is 32.0. The fraction of sp³-hybridized carbons (Fsp3) is 0.906. The topological polar surface area (TPSA) is 51.6 Å².